The van der Waals surface area contributed by atoms with Crippen LogP contribution in [-0.2, 0) is 4.79 Å². The van der Waals surface area contributed by atoms with Crippen LogP contribution >= 0.6 is 0 Å². The van der Waals surface area contributed by atoms with E-state index in [-0.39, 0.29) is 6.42 Å². The maximum absolute atomic E-state index is 12.6. The summed E-state index contributed by atoms with van der Waals surface area (Å²) in [5, 5.41) is 11.9. The van der Waals surface area contributed by atoms with Gasteiger partial charge in [-0.05, 0) is 24.6 Å². The summed E-state index contributed by atoms with van der Waals surface area (Å²) in [7, 11) is 3.03. The summed E-state index contributed by atoms with van der Waals surface area (Å²) < 4.78 is 10.6. The molecule has 25 heavy (non-hydrogen) atoms. The van der Waals surface area contributed by atoms with Crippen molar-refractivity contribution in [2.75, 3.05) is 14.2 Å². The van der Waals surface area contributed by atoms with E-state index in [1.807, 2.05) is 13.0 Å². The molecule has 0 spiro atoms. The normalized spacial score (nSPS) is 11.5. The monoisotopic (exact) mass is 343 g/mol. The van der Waals surface area contributed by atoms with Crippen molar-refractivity contribution in [3.05, 3.63) is 59.2 Å². The number of carboxylic acids is 1. The first-order chi connectivity index (χ1) is 12.0. The number of methoxy groups -OCH3 is 2. The maximum atomic E-state index is 12.6. The summed E-state index contributed by atoms with van der Waals surface area (Å²) in [5.41, 5.74) is 1.85. The van der Waals surface area contributed by atoms with Crippen LogP contribution in [0.15, 0.2) is 42.5 Å². The third-order valence-corrected chi connectivity index (χ3v) is 3.90. The second-order valence-corrected chi connectivity index (χ2v) is 5.54. The lowest BCUT2D eigenvalue weighted by atomic mass is 10.0. The number of aliphatic carboxylic acids is 1. The molecule has 0 heterocycles. The van der Waals surface area contributed by atoms with Gasteiger partial charge in [-0.3, -0.25) is 9.59 Å². The fourth-order valence-electron chi connectivity index (χ4n) is 2.57. The van der Waals surface area contributed by atoms with Crippen molar-refractivity contribution in [1.29, 1.82) is 0 Å². The zero-order valence-electron chi connectivity index (χ0n) is 14.4. The Morgan fingerprint density at radius 2 is 1.64 bits per heavy atom. The Hall–Kier alpha value is -3.02. The van der Waals surface area contributed by atoms with Gasteiger partial charge in [-0.2, -0.15) is 0 Å². The molecule has 1 unspecified atom stereocenters. The average molecular weight is 343 g/mol. The SMILES string of the molecule is COc1cc(C(=O)NC(CC(=O)O)c2ccccc2)cc(OC)c1C. The first-order valence-electron chi connectivity index (χ1n) is 7.76. The third kappa shape index (κ3) is 4.50. The van der Waals surface area contributed by atoms with E-state index in [0.29, 0.717) is 17.1 Å². The zero-order chi connectivity index (χ0) is 18.4. The number of carbonyl (C=O) groups excluding carboxylic acids is 1. The van der Waals surface area contributed by atoms with Gasteiger partial charge < -0.3 is 19.9 Å². The van der Waals surface area contributed by atoms with Gasteiger partial charge in [0.05, 0.1) is 26.7 Å². The van der Waals surface area contributed by atoms with E-state index in [9.17, 15) is 9.59 Å². The first-order valence-corrected chi connectivity index (χ1v) is 7.76. The molecule has 2 aromatic carbocycles. The predicted molar refractivity (Wildman–Crippen MR) is 93.2 cm³/mol. The van der Waals surface area contributed by atoms with Gasteiger partial charge in [0.1, 0.15) is 11.5 Å². The molecule has 0 bridgehead atoms. The van der Waals surface area contributed by atoms with E-state index in [1.165, 1.54) is 14.2 Å². The second-order valence-electron chi connectivity index (χ2n) is 5.54. The Bertz CT molecular complexity index is 733. The summed E-state index contributed by atoms with van der Waals surface area (Å²) in [6, 6.07) is 11.6. The van der Waals surface area contributed by atoms with E-state index >= 15 is 0 Å². The van der Waals surface area contributed by atoms with Gasteiger partial charge in [-0.15, -0.1) is 0 Å². The van der Waals surface area contributed by atoms with Crippen molar-refractivity contribution in [2.45, 2.75) is 19.4 Å². The van der Waals surface area contributed by atoms with E-state index in [0.717, 1.165) is 11.1 Å². The molecule has 0 aromatic heterocycles. The summed E-state index contributed by atoms with van der Waals surface area (Å²) in [6.07, 6.45) is -0.212. The highest BCUT2D eigenvalue weighted by Gasteiger charge is 2.20. The van der Waals surface area contributed by atoms with E-state index < -0.39 is 17.9 Å². The molecule has 0 fully saturated rings. The standard InChI is InChI=1S/C19H21NO5/c1-12-16(24-2)9-14(10-17(12)25-3)19(23)20-15(11-18(21)22)13-7-5-4-6-8-13/h4-10,15H,11H2,1-3H3,(H,20,23)(H,21,22). The quantitative estimate of drug-likeness (QED) is 0.807. The molecule has 2 rings (SSSR count). The Morgan fingerprint density at radius 3 is 2.12 bits per heavy atom. The summed E-state index contributed by atoms with van der Waals surface area (Å²) in [5.74, 6) is -0.335. The molecule has 132 valence electrons. The topological polar surface area (TPSA) is 84.9 Å². The molecule has 1 atom stereocenters. The smallest absolute Gasteiger partial charge is 0.305 e. The van der Waals surface area contributed by atoms with Gasteiger partial charge in [0.2, 0.25) is 0 Å². The molecule has 0 saturated carbocycles. The number of amides is 1. The van der Waals surface area contributed by atoms with Crippen LogP contribution in [-0.4, -0.2) is 31.2 Å². The number of rotatable bonds is 7. The lowest BCUT2D eigenvalue weighted by Gasteiger charge is -2.18. The number of benzene rings is 2. The molecule has 0 radical (unpaired) electrons. The molecule has 1 amide bonds. The minimum Gasteiger partial charge on any atom is -0.496 e. The summed E-state index contributed by atoms with van der Waals surface area (Å²) in [6.45, 7) is 1.83. The fourth-order valence-corrected chi connectivity index (χ4v) is 2.57. The van der Waals surface area contributed by atoms with Gasteiger partial charge in [0, 0.05) is 11.1 Å². The minimum absolute atomic E-state index is 0.212. The summed E-state index contributed by atoms with van der Waals surface area (Å²) in [4.78, 5) is 23.8. The molecule has 0 aliphatic heterocycles. The van der Waals surface area contributed by atoms with Crippen LogP contribution in [0.1, 0.15) is 33.9 Å². The van der Waals surface area contributed by atoms with Crippen molar-refractivity contribution in [3.8, 4) is 11.5 Å². The lowest BCUT2D eigenvalue weighted by Crippen LogP contribution is -2.30. The van der Waals surface area contributed by atoms with Gasteiger partial charge >= 0.3 is 5.97 Å². The van der Waals surface area contributed by atoms with Crippen molar-refractivity contribution < 1.29 is 24.2 Å². The van der Waals surface area contributed by atoms with Crippen LogP contribution < -0.4 is 14.8 Å². The van der Waals surface area contributed by atoms with Crippen molar-refractivity contribution >= 4 is 11.9 Å². The fraction of sp³-hybridized carbons (Fsp3) is 0.263. The van der Waals surface area contributed by atoms with E-state index in [4.69, 9.17) is 14.6 Å². The molecule has 0 aliphatic rings. The van der Waals surface area contributed by atoms with Gasteiger partial charge in [-0.1, -0.05) is 30.3 Å². The van der Waals surface area contributed by atoms with Gasteiger partial charge in [0.25, 0.3) is 5.91 Å². The largest absolute Gasteiger partial charge is 0.496 e. The number of carbonyl (C=O) groups is 2. The number of hydrogen-bond acceptors (Lipinski definition) is 4. The minimum atomic E-state index is -0.992. The predicted octanol–water partition coefficient (Wildman–Crippen LogP) is 2.96. The number of nitrogens with one attached hydrogen (secondary N) is 1. The van der Waals surface area contributed by atoms with Crippen molar-refractivity contribution in [1.82, 2.24) is 5.32 Å². The van der Waals surface area contributed by atoms with Crippen LogP contribution in [0.4, 0.5) is 0 Å². The Kier molecular flexibility index (Phi) is 6.00. The highest BCUT2D eigenvalue weighted by Crippen LogP contribution is 2.30. The number of ether oxygens (including phenoxy) is 2. The second kappa shape index (κ2) is 8.19. The van der Waals surface area contributed by atoms with Gasteiger partial charge in [0.15, 0.2) is 0 Å². The molecular weight excluding hydrogens is 322 g/mol. The average Bonchev–Trinajstić information content (AvgIpc) is 2.61. The Balaban J connectivity index is 2.31. The van der Waals surface area contributed by atoms with Crippen LogP contribution in [0.2, 0.25) is 0 Å². The van der Waals surface area contributed by atoms with Gasteiger partial charge in [-0.25, -0.2) is 0 Å². The summed E-state index contributed by atoms with van der Waals surface area (Å²) >= 11 is 0. The number of hydrogen-bond donors (Lipinski definition) is 2. The highest BCUT2D eigenvalue weighted by molar-refractivity contribution is 5.95. The van der Waals surface area contributed by atoms with E-state index in [2.05, 4.69) is 5.32 Å². The Morgan fingerprint density at radius 1 is 1.08 bits per heavy atom. The van der Waals surface area contributed by atoms with Crippen LogP contribution in [0, 0.1) is 6.92 Å². The molecule has 6 nitrogen and oxygen atoms in total. The van der Waals surface area contributed by atoms with Crippen molar-refractivity contribution in [2.24, 2.45) is 0 Å². The van der Waals surface area contributed by atoms with Crippen molar-refractivity contribution in [3.63, 3.8) is 0 Å². The lowest BCUT2D eigenvalue weighted by molar-refractivity contribution is -0.137. The number of carboxylic acid groups (broad SMARTS) is 1. The molecule has 2 aromatic rings. The molecule has 0 saturated heterocycles. The molecule has 0 aliphatic carbocycles. The molecule has 6 heteroatoms. The molecular formula is C19H21NO5. The molecule has 2 N–H and O–H groups in total. The zero-order valence-corrected chi connectivity index (χ0v) is 14.4. The van der Waals surface area contributed by atoms with Crippen LogP contribution in [0.3, 0.4) is 0 Å². The highest BCUT2D eigenvalue weighted by atomic mass is 16.5. The first kappa shape index (κ1) is 18.3. The third-order valence-electron chi connectivity index (χ3n) is 3.90. The maximum Gasteiger partial charge on any atom is 0.305 e. The van der Waals surface area contributed by atoms with E-state index in [1.54, 1.807) is 36.4 Å². The Labute approximate surface area is 146 Å². The van der Waals surface area contributed by atoms with Crippen LogP contribution in [0.5, 0.6) is 11.5 Å². The van der Waals surface area contributed by atoms with Crippen LogP contribution in [0.25, 0.3) is 0 Å².